The Kier molecular flexibility index (Phi) is 7.31. The zero-order chi connectivity index (χ0) is 20.6. The molecule has 1 fully saturated rings. The van der Waals surface area contributed by atoms with Crippen LogP contribution < -0.4 is 0 Å². The Morgan fingerprint density at radius 2 is 1.14 bits per heavy atom. The van der Waals surface area contributed by atoms with Gasteiger partial charge in [-0.15, -0.1) is 0 Å². The lowest BCUT2D eigenvalue weighted by molar-refractivity contribution is -0.125. The third kappa shape index (κ3) is 5.61. The fraction of sp³-hybridized carbons (Fsp3) is 0.333. The van der Waals surface area contributed by atoms with Gasteiger partial charge in [0.15, 0.2) is 0 Å². The second-order valence-corrected chi connectivity index (χ2v) is 6.44. The highest BCUT2D eigenvalue weighted by Gasteiger charge is 2.38. The molecule has 0 spiro atoms. The highest BCUT2D eigenvalue weighted by Crippen LogP contribution is 2.17. The molecule has 154 valence electrons. The molecule has 4 unspecified atom stereocenters. The molecule has 2 aromatic carbocycles. The van der Waals surface area contributed by atoms with Crippen molar-refractivity contribution >= 4 is 11.9 Å². The Balaban J connectivity index is 1.52. The van der Waals surface area contributed by atoms with E-state index >= 15 is 0 Å². The van der Waals surface area contributed by atoms with Crippen molar-refractivity contribution in [2.45, 2.75) is 24.4 Å². The predicted molar refractivity (Wildman–Crippen MR) is 100 cm³/mol. The van der Waals surface area contributed by atoms with Gasteiger partial charge >= 0.3 is 11.9 Å². The number of aliphatic hydroxyl groups is 2. The van der Waals surface area contributed by atoms with E-state index in [1.165, 1.54) is 0 Å². The number of ether oxygens (including phenoxy) is 4. The number of hydrogen-bond donors (Lipinski definition) is 2. The number of benzene rings is 2. The van der Waals surface area contributed by atoms with E-state index in [4.69, 9.17) is 18.9 Å². The zero-order valence-electron chi connectivity index (χ0n) is 15.5. The molecule has 1 aliphatic heterocycles. The van der Waals surface area contributed by atoms with E-state index in [0.29, 0.717) is 11.1 Å². The summed E-state index contributed by atoms with van der Waals surface area (Å²) in [5.74, 6) is -1.15. The Morgan fingerprint density at radius 1 is 0.759 bits per heavy atom. The highest BCUT2D eigenvalue weighted by atomic mass is 16.7. The van der Waals surface area contributed by atoms with E-state index in [-0.39, 0.29) is 20.0 Å². The maximum Gasteiger partial charge on any atom is 0.338 e. The van der Waals surface area contributed by atoms with E-state index in [1.807, 2.05) is 0 Å². The molecular formula is C21H22O8. The van der Waals surface area contributed by atoms with E-state index in [1.54, 1.807) is 60.7 Å². The van der Waals surface area contributed by atoms with Crippen LogP contribution in [-0.4, -0.2) is 66.6 Å². The molecule has 1 aliphatic rings. The van der Waals surface area contributed by atoms with Gasteiger partial charge in [-0.1, -0.05) is 36.4 Å². The second kappa shape index (κ2) is 10.1. The summed E-state index contributed by atoms with van der Waals surface area (Å²) in [6.45, 7) is -0.813. The molecule has 0 amide bonds. The van der Waals surface area contributed by atoms with Crippen molar-refractivity contribution in [2.75, 3.05) is 20.0 Å². The fourth-order valence-corrected chi connectivity index (χ4v) is 2.78. The molecule has 4 atom stereocenters. The summed E-state index contributed by atoms with van der Waals surface area (Å²) in [4.78, 5) is 24.1. The van der Waals surface area contributed by atoms with Crippen molar-refractivity contribution in [3.8, 4) is 0 Å². The molecule has 8 heteroatoms. The van der Waals surface area contributed by atoms with Crippen LogP contribution in [0.15, 0.2) is 60.7 Å². The molecule has 0 aromatic heterocycles. The van der Waals surface area contributed by atoms with Crippen molar-refractivity contribution in [1.29, 1.82) is 0 Å². The number of carbonyl (C=O) groups is 2. The lowest BCUT2D eigenvalue weighted by Gasteiger charge is -2.25. The first kappa shape index (κ1) is 20.9. The first-order valence-corrected chi connectivity index (χ1v) is 9.10. The molecule has 2 aromatic rings. The average Bonchev–Trinajstić information content (AvgIpc) is 2.90. The molecule has 8 nitrogen and oxygen atoms in total. The monoisotopic (exact) mass is 402 g/mol. The van der Waals surface area contributed by atoms with Crippen molar-refractivity contribution in [3.05, 3.63) is 71.8 Å². The van der Waals surface area contributed by atoms with Crippen LogP contribution in [0.25, 0.3) is 0 Å². The number of hydrogen-bond acceptors (Lipinski definition) is 8. The number of esters is 2. The first-order valence-electron chi connectivity index (χ1n) is 9.10. The standard InChI is InChI=1S/C21H22O8/c22-18-16(11-26-20(24)14-7-3-1-4-8-14)28-13-29-17(19(18)23)12-27-21(25)15-9-5-2-6-10-15/h1-10,16-19,22-23H,11-13H2. The van der Waals surface area contributed by atoms with E-state index in [2.05, 4.69) is 0 Å². The van der Waals surface area contributed by atoms with Crippen molar-refractivity contribution in [1.82, 2.24) is 0 Å². The number of rotatable bonds is 6. The largest absolute Gasteiger partial charge is 0.459 e. The van der Waals surface area contributed by atoms with Gasteiger partial charge in [-0.2, -0.15) is 0 Å². The summed E-state index contributed by atoms with van der Waals surface area (Å²) >= 11 is 0. The van der Waals surface area contributed by atoms with Gasteiger partial charge in [0, 0.05) is 0 Å². The molecule has 0 saturated carbocycles. The Bertz CT molecular complexity index is 727. The topological polar surface area (TPSA) is 112 Å². The van der Waals surface area contributed by atoms with Gasteiger partial charge < -0.3 is 29.2 Å². The van der Waals surface area contributed by atoms with Gasteiger partial charge in [-0.05, 0) is 24.3 Å². The maximum atomic E-state index is 12.0. The third-order valence-corrected chi connectivity index (χ3v) is 4.45. The molecule has 0 bridgehead atoms. The van der Waals surface area contributed by atoms with Crippen molar-refractivity contribution in [2.24, 2.45) is 0 Å². The Morgan fingerprint density at radius 3 is 1.52 bits per heavy atom. The molecule has 0 radical (unpaired) electrons. The van der Waals surface area contributed by atoms with Gasteiger partial charge in [0.1, 0.15) is 44.4 Å². The SMILES string of the molecule is O=C(OCC1OCOC(COC(=O)c2ccccc2)C(O)C1O)c1ccccc1. The van der Waals surface area contributed by atoms with E-state index < -0.39 is 36.4 Å². The van der Waals surface area contributed by atoms with Crippen LogP contribution >= 0.6 is 0 Å². The Hall–Kier alpha value is -2.78. The lowest BCUT2D eigenvalue weighted by Crippen LogP contribution is -2.46. The van der Waals surface area contributed by atoms with Gasteiger partial charge in [0.2, 0.25) is 0 Å². The number of aliphatic hydroxyl groups excluding tert-OH is 2. The quantitative estimate of drug-likeness (QED) is 0.693. The molecule has 29 heavy (non-hydrogen) atoms. The molecule has 2 N–H and O–H groups in total. The van der Waals surface area contributed by atoms with Crippen LogP contribution in [0.2, 0.25) is 0 Å². The molecule has 1 heterocycles. The van der Waals surface area contributed by atoms with Crippen LogP contribution in [-0.2, 0) is 18.9 Å². The van der Waals surface area contributed by atoms with Gasteiger partial charge in [-0.3, -0.25) is 0 Å². The lowest BCUT2D eigenvalue weighted by atomic mass is 10.0. The normalized spacial score (nSPS) is 24.3. The summed E-state index contributed by atoms with van der Waals surface area (Å²) in [7, 11) is 0. The summed E-state index contributed by atoms with van der Waals surface area (Å²) in [6, 6.07) is 16.7. The highest BCUT2D eigenvalue weighted by molar-refractivity contribution is 5.89. The van der Waals surface area contributed by atoms with Crippen LogP contribution in [0.3, 0.4) is 0 Å². The van der Waals surface area contributed by atoms with Crippen LogP contribution in [0.1, 0.15) is 20.7 Å². The molecule has 3 rings (SSSR count). The minimum Gasteiger partial charge on any atom is -0.459 e. The Labute approximate surface area is 167 Å². The smallest absolute Gasteiger partial charge is 0.338 e. The second-order valence-electron chi connectivity index (χ2n) is 6.44. The maximum absolute atomic E-state index is 12.0. The summed E-state index contributed by atoms with van der Waals surface area (Å²) in [5.41, 5.74) is 0.719. The summed E-state index contributed by atoms with van der Waals surface area (Å²) in [5, 5.41) is 20.7. The molecule has 0 aliphatic carbocycles. The first-order chi connectivity index (χ1) is 14.1. The van der Waals surface area contributed by atoms with Crippen molar-refractivity contribution < 1.29 is 38.7 Å². The van der Waals surface area contributed by atoms with Gasteiger partial charge in [0.05, 0.1) is 11.1 Å². The molecule has 1 saturated heterocycles. The molecular weight excluding hydrogens is 380 g/mol. The fourth-order valence-electron chi connectivity index (χ4n) is 2.78. The van der Waals surface area contributed by atoms with Crippen LogP contribution in [0.5, 0.6) is 0 Å². The van der Waals surface area contributed by atoms with Gasteiger partial charge in [0.25, 0.3) is 0 Å². The van der Waals surface area contributed by atoms with Crippen LogP contribution in [0.4, 0.5) is 0 Å². The predicted octanol–water partition coefficient (Wildman–Crippen LogP) is 1.16. The third-order valence-electron chi connectivity index (χ3n) is 4.45. The van der Waals surface area contributed by atoms with Crippen molar-refractivity contribution in [3.63, 3.8) is 0 Å². The minimum absolute atomic E-state index is 0.269. The van der Waals surface area contributed by atoms with E-state index in [9.17, 15) is 19.8 Å². The summed E-state index contributed by atoms with van der Waals surface area (Å²) in [6.07, 6.45) is -4.79. The average molecular weight is 402 g/mol. The number of carbonyl (C=O) groups excluding carboxylic acids is 2. The van der Waals surface area contributed by atoms with E-state index in [0.717, 1.165) is 0 Å². The summed E-state index contributed by atoms with van der Waals surface area (Å²) < 4.78 is 21.0. The zero-order valence-corrected chi connectivity index (χ0v) is 15.5. The van der Waals surface area contributed by atoms with Crippen LogP contribution in [0, 0.1) is 0 Å². The van der Waals surface area contributed by atoms with Gasteiger partial charge in [-0.25, -0.2) is 9.59 Å². The minimum atomic E-state index is -1.40.